The van der Waals surface area contributed by atoms with E-state index >= 15 is 0 Å². The van der Waals surface area contributed by atoms with E-state index in [2.05, 4.69) is 16.7 Å². The molecule has 9 heteroatoms. The summed E-state index contributed by atoms with van der Waals surface area (Å²) in [6.07, 6.45) is 4.49. The second-order valence-electron chi connectivity index (χ2n) is 11.0. The molecule has 3 aromatic carbocycles. The minimum Gasteiger partial charge on any atom is -0.494 e. The molecule has 2 amide bonds. The lowest BCUT2D eigenvalue weighted by Crippen LogP contribution is -2.61. The summed E-state index contributed by atoms with van der Waals surface area (Å²) in [7, 11) is 1.93. The van der Waals surface area contributed by atoms with E-state index in [4.69, 9.17) is 27.9 Å². The fourth-order valence-corrected chi connectivity index (χ4v) is 5.71. The number of nitrogens with zero attached hydrogens (tertiary/aromatic N) is 2. The summed E-state index contributed by atoms with van der Waals surface area (Å²) in [6, 6.07) is 20.9. The van der Waals surface area contributed by atoms with E-state index in [1.54, 1.807) is 11.0 Å². The molecule has 0 bridgehead atoms. The predicted molar refractivity (Wildman–Crippen MR) is 169 cm³/mol. The Morgan fingerprint density at radius 2 is 1.83 bits per heavy atom. The van der Waals surface area contributed by atoms with Crippen LogP contribution < -0.4 is 20.3 Å². The van der Waals surface area contributed by atoms with Crippen molar-refractivity contribution in [1.82, 2.24) is 15.5 Å². The van der Waals surface area contributed by atoms with Crippen LogP contribution in [0.25, 0.3) is 0 Å². The van der Waals surface area contributed by atoms with Gasteiger partial charge in [0.2, 0.25) is 11.8 Å². The highest BCUT2D eigenvalue weighted by molar-refractivity contribution is 6.31. The van der Waals surface area contributed by atoms with E-state index in [1.807, 2.05) is 66.5 Å². The molecule has 2 fully saturated rings. The summed E-state index contributed by atoms with van der Waals surface area (Å²) in [5, 5.41) is 7.64. The van der Waals surface area contributed by atoms with Gasteiger partial charge in [-0.1, -0.05) is 53.5 Å². The Morgan fingerprint density at radius 3 is 2.57 bits per heavy atom. The number of benzene rings is 3. The first-order valence-electron chi connectivity index (χ1n) is 14.7. The monoisotopic (exact) mass is 608 g/mol. The van der Waals surface area contributed by atoms with Gasteiger partial charge in [0.15, 0.2) is 0 Å². The van der Waals surface area contributed by atoms with E-state index < -0.39 is 6.04 Å². The van der Waals surface area contributed by atoms with Gasteiger partial charge >= 0.3 is 0 Å². The maximum atomic E-state index is 14.1. The van der Waals surface area contributed by atoms with Gasteiger partial charge in [0.05, 0.1) is 13.2 Å². The molecule has 1 saturated carbocycles. The zero-order valence-corrected chi connectivity index (χ0v) is 25.5. The predicted octanol–water partition coefficient (Wildman–Crippen LogP) is 5.26. The van der Waals surface area contributed by atoms with Gasteiger partial charge in [-0.2, -0.15) is 0 Å². The Balaban J connectivity index is 1.25. The molecule has 5 rings (SSSR count). The second-order valence-corrected chi connectivity index (χ2v) is 11.8. The minimum atomic E-state index is -0.616. The molecule has 1 aliphatic carbocycles. The van der Waals surface area contributed by atoms with Gasteiger partial charge in [-0.05, 0) is 98.8 Å². The number of piperazine rings is 1. The number of aryl methyl sites for hydroxylation is 1. The van der Waals surface area contributed by atoms with Gasteiger partial charge < -0.3 is 20.3 Å². The van der Waals surface area contributed by atoms with Crippen molar-refractivity contribution in [2.24, 2.45) is 0 Å². The van der Waals surface area contributed by atoms with Crippen LogP contribution in [-0.2, 0) is 29.0 Å². The fraction of sp³-hybridized carbons (Fsp3) is 0.394. The zero-order valence-electron chi connectivity index (χ0n) is 24.0. The van der Waals surface area contributed by atoms with E-state index in [1.165, 1.54) is 5.56 Å². The summed E-state index contributed by atoms with van der Waals surface area (Å²) >= 11 is 12.6. The molecule has 222 valence electrons. The average Bonchev–Trinajstić information content (AvgIpc) is 3.84. The Bertz CT molecular complexity index is 1380. The maximum Gasteiger partial charge on any atom is 0.247 e. The van der Waals surface area contributed by atoms with Gasteiger partial charge in [-0.3, -0.25) is 14.5 Å². The normalized spacial score (nSPS) is 16.9. The molecule has 1 atom stereocenters. The smallest absolute Gasteiger partial charge is 0.247 e. The number of carbonyl (C=O) groups is 2. The standard InChI is InChI=1S/C33H38Cl2N4O3/c1-36-16-15-24-9-14-30(35)25(18-24)22-38(27-12-13-27)33(41)31-20-37-21-32(40)39(31)28-10-7-23(8-11-28)4-3-17-42-29-6-2-5-26(34)19-29/h2,5-11,14,18-19,27,31,36-37H,3-4,12-13,15-17,20-22H2,1H3/t31-/m1/s1. The second kappa shape index (κ2) is 14.4. The third-order valence-corrected chi connectivity index (χ3v) is 8.36. The van der Waals surface area contributed by atoms with Crippen molar-refractivity contribution in [2.75, 3.05) is 38.2 Å². The average molecular weight is 610 g/mol. The molecule has 3 aromatic rings. The van der Waals surface area contributed by atoms with Crippen molar-refractivity contribution in [3.05, 3.63) is 93.5 Å². The third kappa shape index (κ3) is 7.84. The largest absolute Gasteiger partial charge is 0.494 e. The molecular weight excluding hydrogens is 571 g/mol. The lowest BCUT2D eigenvalue weighted by atomic mass is 10.0. The van der Waals surface area contributed by atoms with Crippen LogP contribution in [0.4, 0.5) is 5.69 Å². The number of hydrogen-bond donors (Lipinski definition) is 2. The number of ether oxygens (including phenoxy) is 1. The molecule has 1 saturated heterocycles. The van der Waals surface area contributed by atoms with Gasteiger partial charge in [-0.15, -0.1) is 0 Å². The van der Waals surface area contributed by atoms with Crippen LogP contribution in [0.3, 0.4) is 0 Å². The van der Waals surface area contributed by atoms with Crippen molar-refractivity contribution in [3.8, 4) is 5.75 Å². The lowest BCUT2D eigenvalue weighted by Gasteiger charge is -2.38. The fourth-order valence-electron chi connectivity index (χ4n) is 5.36. The summed E-state index contributed by atoms with van der Waals surface area (Å²) < 4.78 is 5.80. The Kier molecular flexibility index (Phi) is 10.4. The van der Waals surface area contributed by atoms with Crippen LogP contribution in [0.2, 0.25) is 10.0 Å². The quantitative estimate of drug-likeness (QED) is 0.259. The first-order chi connectivity index (χ1) is 20.4. The number of anilines is 1. The first kappa shape index (κ1) is 30.4. The molecule has 0 spiro atoms. The molecule has 2 N–H and O–H groups in total. The number of amides is 2. The van der Waals surface area contributed by atoms with Crippen molar-refractivity contribution < 1.29 is 14.3 Å². The molecule has 0 unspecified atom stereocenters. The SMILES string of the molecule is CNCCc1ccc(Cl)c(CN(C(=O)[C@H]2CNCC(=O)N2c2ccc(CCCOc3cccc(Cl)c3)cc2)C2CC2)c1. The van der Waals surface area contributed by atoms with E-state index in [9.17, 15) is 9.59 Å². The highest BCUT2D eigenvalue weighted by Crippen LogP contribution is 2.32. The molecule has 0 radical (unpaired) electrons. The van der Waals surface area contributed by atoms with Crippen LogP contribution in [0.15, 0.2) is 66.7 Å². The number of halogens is 2. The molecule has 2 aliphatic rings. The summed E-state index contributed by atoms with van der Waals surface area (Å²) in [4.78, 5) is 30.8. The molecule has 1 heterocycles. The number of likely N-dealkylation sites (N-methyl/N-ethyl adjacent to an activating group) is 1. The number of rotatable bonds is 13. The van der Waals surface area contributed by atoms with Crippen molar-refractivity contribution in [3.63, 3.8) is 0 Å². The number of carbonyl (C=O) groups excluding carboxylic acids is 2. The first-order valence-corrected chi connectivity index (χ1v) is 15.4. The molecule has 42 heavy (non-hydrogen) atoms. The highest BCUT2D eigenvalue weighted by Gasteiger charge is 2.41. The molecular formula is C33H38Cl2N4O3. The van der Waals surface area contributed by atoms with Crippen LogP contribution >= 0.6 is 23.2 Å². The van der Waals surface area contributed by atoms with Crippen LogP contribution in [0.1, 0.15) is 36.0 Å². The topological polar surface area (TPSA) is 73.9 Å². The molecule has 7 nitrogen and oxygen atoms in total. The lowest BCUT2D eigenvalue weighted by molar-refractivity contribution is -0.136. The highest BCUT2D eigenvalue weighted by atomic mass is 35.5. The van der Waals surface area contributed by atoms with Gasteiger partial charge in [0.25, 0.3) is 0 Å². The molecule has 1 aliphatic heterocycles. The van der Waals surface area contributed by atoms with Crippen LogP contribution in [0.5, 0.6) is 5.75 Å². The van der Waals surface area contributed by atoms with Crippen molar-refractivity contribution in [2.45, 2.75) is 50.7 Å². The van der Waals surface area contributed by atoms with E-state index in [0.717, 1.165) is 61.2 Å². The Hall–Kier alpha value is -3.10. The zero-order chi connectivity index (χ0) is 29.5. The van der Waals surface area contributed by atoms with E-state index in [0.29, 0.717) is 29.7 Å². The van der Waals surface area contributed by atoms with Gasteiger partial charge in [0, 0.05) is 34.9 Å². The van der Waals surface area contributed by atoms with Gasteiger partial charge in [-0.25, -0.2) is 0 Å². The van der Waals surface area contributed by atoms with Crippen LogP contribution in [-0.4, -0.2) is 62.1 Å². The number of hydrogen-bond acceptors (Lipinski definition) is 5. The summed E-state index contributed by atoms with van der Waals surface area (Å²) in [5.74, 6) is 0.608. The summed E-state index contributed by atoms with van der Waals surface area (Å²) in [6.45, 7) is 2.49. The Morgan fingerprint density at radius 1 is 1.05 bits per heavy atom. The van der Waals surface area contributed by atoms with Gasteiger partial charge in [0.1, 0.15) is 11.8 Å². The number of nitrogens with one attached hydrogen (secondary N) is 2. The van der Waals surface area contributed by atoms with Crippen LogP contribution in [0, 0.1) is 0 Å². The summed E-state index contributed by atoms with van der Waals surface area (Å²) in [5.41, 5.74) is 4.00. The van der Waals surface area contributed by atoms with Crippen molar-refractivity contribution in [1.29, 1.82) is 0 Å². The van der Waals surface area contributed by atoms with Crippen molar-refractivity contribution >= 4 is 40.7 Å². The Labute approximate surface area is 258 Å². The molecule has 0 aromatic heterocycles. The minimum absolute atomic E-state index is 0.0445. The third-order valence-electron chi connectivity index (χ3n) is 7.75. The van der Waals surface area contributed by atoms with E-state index in [-0.39, 0.29) is 24.4 Å². The maximum absolute atomic E-state index is 14.1.